The molecule has 0 aliphatic carbocycles. The lowest BCUT2D eigenvalue weighted by molar-refractivity contribution is 0.0600. The van der Waals surface area contributed by atoms with Crippen molar-refractivity contribution < 1.29 is 23.8 Å². The molecule has 1 aliphatic heterocycles. The number of methoxy groups -OCH3 is 1. The van der Waals surface area contributed by atoms with Crippen molar-refractivity contribution in [2.45, 2.75) is 33.2 Å². The van der Waals surface area contributed by atoms with Gasteiger partial charge in [-0.2, -0.15) is 0 Å². The molecule has 0 aromatic heterocycles. The predicted octanol–water partition coefficient (Wildman–Crippen LogP) is 6.82. The Kier molecular flexibility index (Phi) is 7.97. The molecule has 0 unspecified atom stereocenters. The minimum absolute atomic E-state index is 0.170. The van der Waals surface area contributed by atoms with E-state index in [-0.39, 0.29) is 5.91 Å². The van der Waals surface area contributed by atoms with Crippen LogP contribution in [0.15, 0.2) is 97.6 Å². The number of rotatable bonds is 9. The van der Waals surface area contributed by atoms with Crippen LogP contribution in [-0.2, 0) is 31.0 Å². The van der Waals surface area contributed by atoms with Gasteiger partial charge in [-0.25, -0.2) is 4.79 Å². The monoisotopic (exact) mass is 533 g/mol. The van der Waals surface area contributed by atoms with Crippen molar-refractivity contribution >= 4 is 17.4 Å². The number of carbonyl (C=O) groups excluding carboxylic acids is 2. The third-order valence-corrected chi connectivity index (χ3v) is 6.88. The molecule has 0 radical (unpaired) electrons. The Labute approximate surface area is 234 Å². The van der Waals surface area contributed by atoms with Gasteiger partial charge in [-0.1, -0.05) is 73.3 Å². The minimum atomic E-state index is -0.402. The average molecular weight is 534 g/mol. The van der Waals surface area contributed by atoms with Crippen LogP contribution < -0.4 is 9.47 Å². The highest BCUT2D eigenvalue weighted by Gasteiger charge is 2.28. The van der Waals surface area contributed by atoms with E-state index in [1.807, 2.05) is 79.7 Å². The SMILES string of the molecule is C=C(C)c1cc(C(=O)N2Cc3ccc(C(=O)OC)cc3C2)c(OCc2ccccc2)cc1OCc1ccccc1. The van der Waals surface area contributed by atoms with Gasteiger partial charge in [0.15, 0.2) is 0 Å². The lowest BCUT2D eigenvalue weighted by Gasteiger charge is -2.21. The molecule has 1 aliphatic rings. The van der Waals surface area contributed by atoms with E-state index in [9.17, 15) is 9.59 Å². The smallest absolute Gasteiger partial charge is 0.337 e. The Hall–Kier alpha value is -4.84. The van der Waals surface area contributed by atoms with Crippen molar-refractivity contribution in [2.24, 2.45) is 0 Å². The van der Waals surface area contributed by atoms with Gasteiger partial charge in [0.2, 0.25) is 0 Å². The number of amides is 1. The molecule has 0 atom stereocenters. The predicted molar refractivity (Wildman–Crippen MR) is 154 cm³/mol. The summed E-state index contributed by atoms with van der Waals surface area (Å²) in [5, 5.41) is 0. The molecule has 5 rings (SSSR count). The fourth-order valence-corrected chi connectivity index (χ4v) is 4.72. The zero-order chi connectivity index (χ0) is 28.1. The molecule has 4 aromatic rings. The zero-order valence-corrected chi connectivity index (χ0v) is 22.7. The van der Waals surface area contributed by atoms with Crippen molar-refractivity contribution in [1.82, 2.24) is 4.90 Å². The first-order chi connectivity index (χ1) is 19.4. The molecular formula is C34H31NO5. The molecule has 1 amide bonds. The molecule has 6 heteroatoms. The van der Waals surface area contributed by atoms with Gasteiger partial charge >= 0.3 is 5.97 Å². The Morgan fingerprint density at radius 3 is 1.90 bits per heavy atom. The molecule has 0 spiro atoms. The van der Waals surface area contributed by atoms with Gasteiger partial charge in [-0.15, -0.1) is 0 Å². The van der Waals surface area contributed by atoms with Crippen LogP contribution in [0.25, 0.3) is 5.57 Å². The molecule has 0 saturated heterocycles. The van der Waals surface area contributed by atoms with Crippen molar-refractivity contribution in [3.8, 4) is 11.5 Å². The van der Waals surface area contributed by atoms with Crippen LogP contribution in [0.1, 0.15) is 55.5 Å². The topological polar surface area (TPSA) is 65.1 Å². The maximum Gasteiger partial charge on any atom is 0.337 e. The van der Waals surface area contributed by atoms with Crippen LogP contribution in [0, 0.1) is 0 Å². The summed E-state index contributed by atoms with van der Waals surface area (Å²) in [5.74, 6) is 0.467. The fraction of sp³-hybridized carbons (Fsp3) is 0.176. The van der Waals surface area contributed by atoms with Crippen LogP contribution in [-0.4, -0.2) is 23.9 Å². The standard InChI is InChI=1S/C34H31NO5/c1-23(2)29-17-30(33(36)35-19-27-15-14-26(34(37)38-3)16-28(27)20-35)32(40-22-25-12-8-5-9-13-25)18-31(29)39-21-24-10-6-4-7-11-24/h4-18H,1,19-22H2,2-3H3. The second-order valence-corrected chi connectivity index (χ2v) is 9.81. The number of esters is 1. The van der Waals surface area contributed by atoms with Crippen LogP contribution in [0.2, 0.25) is 0 Å². The normalized spacial score (nSPS) is 12.0. The molecule has 202 valence electrons. The van der Waals surface area contributed by atoms with Crippen molar-refractivity contribution in [1.29, 1.82) is 0 Å². The molecule has 0 saturated carbocycles. The summed E-state index contributed by atoms with van der Waals surface area (Å²) < 4.78 is 17.3. The molecule has 0 fully saturated rings. The van der Waals surface area contributed by atoms with Gasteiger partial charge in [0.1, 0.15) is 24.7 Å². The third kappa shape index (κ3) is 5.91. The molecule has 1 heterocycles. The first-order valence-electron chi connectivity index (χ1n) is 13.1. The average Bonchev–Trinajstić information content (AvgIpc) is 3.42. The number of hydrogen-bond donors (Lipinski definition) is 0. The summed E-state index contributed by atoms with van der Waals surface area (Å²) in [5.41, 5.74) is 6.36. The maximum absolute atomic E-state index is 14.0. The number of ether oxygens (including phenoxy) is 3. The largest absolute Gasteiger partial charge is 0.488 e. The highest BCUT2D eigenvalue weighted by molar-refractivity contribution is 5.99. The Morgan fingerprint density at radius 1 is 0.750 bits per heavy atom. The number of benzene rings is 4. The second kappa shape index (κ2) is 11.9. The van der Waals surface area contributed by atoms with E-state index in [0.29, 0.717) is 48.9 Å². The van der Waals surface area contributed by atoms with Gasteiger partial charge in [-0.05, 0) is 52.9 Å². The molecule has 0 bridgehead atoms. The number of carbonyl (C=O) groups is 2. The second-order valence-electron chi connectivity index (χ2n) is 9.81. The van der Waals surface area contributed by atoms with E-state index in [4.69, 9.17) is 14.2 Å². The number of fused-ring (bicyclic) bond motifs is 1. The van der Waals surface area contributed by atoms with Crippen molar-refractivity contribution in [3.63, 3.8) is 0 Å². The Bertz CT molecular complexity index is 1550. The zero-order valence-electron chi connectivity index (χ0n) is 22.7. The molecule has 4 aromatic carbocycles. The summed E-state index contributed by atoms with van der Waals surface area (Å²) >= 11 is 0. The van der Waals surface area contributed by atoms with Crippen molar-refractivity contribution in [3.05, 3.63) is 137 Å². The molecule has 0 N–H and O–H groups in total. The molecule has 40 heavy (non-hydrogen) atoms. The van der Waals surface area contributed by atoms with Crippen LogP contribution in [0.3, 0.4) is 0 Å². The summed E-state index contributed by atoms with van der Waals surface area (Å²) in [6.45, 7) is 7.52. The highest BCUT2D eigenvalue weighted by Crippen LogP contribution is 2.36. The van der Waals surface area contributed by atoms with E-state index < -0.39 is 5.97 Å². The van der Waals surface area contributed by atoms with Gasteiger partial charge in [0, 0.05) is 24.7 Å². The van der Waals surface area contributed by atoms with Gasteiger partial charge < -0.3 is 19.1 Å². The quantitative estimate of drug-likeness (QED) is 0.221. The van der Waals surface area contributed by atoms with E-state index in [0.717, 1.165) is 33.4 Å². The van der Waals surface area contributed by atoms with Crippen LogP contribution >= 0.6 is 0 Å². The van der Waals surface area contributed by atoms with Crippen LogP contribution in [0.5, 0.6) is 11.5 Å². The minimum Gasteiger partial charge on any atom is -0.488 e. The summed E-state index contributed by atoms with van der Waals surface area (Å²) in [6, 6.07) is 28.7. The van der Waals surface area contributed by atoms with E-state index >= 15 is 0 Å². The first kappa shape index (κ1) is 26.8. The molecule has 6 nitrogen and oxygen atoms in total. The number of hydrogen-bond acceptors (Lipinski definition) is 5. The lowest BCUT2D eigenvalue weighted by Crippen LogP contribution is -2.26. The Balaban J connectivity index is 1.46. The Morgan fingerprint density at radius 2 is 1.32 bits per heavy atom. The van der Waals surface area contributed by atoms with E-state index in [2.05, 4.69) is 6.58 Å². The van der Waals surface area contributed by atoms with Gasteiger partial charge in [-0.3, -0.25) is 4.79 Å². The summed E-state index contributed by atoms with van der Waals surface area (Å²) in [7, 11) is 1.36. The van der Waals surface area contributed by atoms with Gasteiger partial charge in [0.25, 0.3) is 5.91 Å². The van der Waals surface area contributed by atoms with E-state index in [1.54, 1.807) is 23.1 Å². The number of allylic oxidation sites excluding steroid dienone is 1. The number of nitrogens with zero attached hydrogens (tertiary/aromatic N) is 1. The van der Waals surface area contributed by atoms with Gasteiger partial charge in [0.05, 0.1) is 18.2 Å². The summed E-state index contributed by atoms with van der Waals surface area (Å²) in [6.07, 6.45) is 0. The van der Waals surface area contributed by atoms with Crippen LogP contribution in [0.4, 0.5) is 0 Å². The first-order valence-corrected chi connectivity index (χ1v) is 13.1. The lowest BCUT2D eigenvalue weighted by atomic mass is 10.0. The van der Waals surface area contributed by atoms with E-state index in [1.165, 1.54) is 7.11 Å². The molecular weight excluding hydrogens is 502 g/mol. The fourth-order valence-electron chi connectivity index (χ4n) is 4.72. The highest BCUT2D eigenvalue weighted by atomic mass is 16.5. The third-order valence-electron chi connectivity index (χ3n) is 6.88. The van der Waals surface area contributed by atoms with Crippen molar-refractivity contribution in [2.75, 3.05) is 7.11 Å². The maximum atomic E-state index is 14.0. The summed E-state index contributed by atoms with van der Waals surface area (Å²) in [4.78, 5) is 27.7.